The number of pyridine rings is 1. The molecule has 0 saturated carbocycles. The van der Waals surface area contributed by atoms with Crippen molar-refractivity contribution in [3.63, 3.8) is 0 Å². The van der Waals surface area contributed by atoms with Crippen molar-refractivity contribution in [1.82, 2.24) is 9.88 Å². The summed E-state index contributed by atoms with van der Waals surface area (Å²) < 4.78 is 61.9. The van der Waals surface area contributed by atoms with Crippen molar-refractivity contribution in [1.29, 1.82) is 0 Å². The number of aromatic nitrogens is 1. The first-order chi connectivity index (χ1) is 16.4. The van der Waals surface area contributed by atoms with E-state index in [1.165, 1.54) is 4.90 Å². The van der Waals surface area contributed by atoms with Gasteiger partial charge in [-0.1, -0.05) is 32.0 Å². The highest BCUT2D eigenvalue weighted by Crippen LogP contribution is 2.34. The highest BCUT2D eigenvalue weighted by Gasteiger charge is 2.48. The Morgan fingerprint density at radius 2 is 1.66 bits per heavy atom. The van der Waals surface area contributed by atoms with E-state index in [-0.39, 0.29) is 18.2 Å². The van der Waals surface area contributed by atoms with Gasteiger partial charge in [-0.2, -0.15) is 13.2 Å². The monoisotopic (exact) mass is 505 g/mol. The molecule has 4 rings (SSSR count). The Bertz CT molecular complexity index is 1380. The van der Waals surface area contributed by atoms with Crippen LogP contribution in [0.5, 0.6) is 0 Å². The Labute approximate surface area is 200 Å². The predicted molar refractivity (Wildman–Crippen MR) is 123 cm³/mol. The summed E-state index contributed by atoms with van der Waals surface area (Å²) in [5, 5.41) is 0.832. The Hall–Kier alpha value is -3.47. The molecule has 1 aliphatic heterocycles. The molecule has 7 nitrogen and oxygen atoms in total. The molecule has 2 heterocycles. The number of sulfone groups is 1. The third-order valence-electron chi connectivity index (χ3n) is 5.80. The molecule has 11 heteroatoms. The number of urea groups is 1. The van der Waals surface area contributed by atoms with Gasteiger partial charge >= 0.3 is 11.5 Å². The van der Waals surface area contributed by atoms with Crippen LogP contribution in [-0.2, 0) is 21.2 Å². The Kier molecular flexibility index (Phi) is 6.31. The van der Waals surface area contributed by atoms with Crippen LogP contribution in [0.15, 0.2) is 65.7 Å². The molecule has 1 aromatic heterocycles. The Balaban J connectivity index is 1.69. The number of carbonyl (C=O) groups is 2. The van der Waals surface area contributed by atoms with Crippen molar-refractivity contribution >= 4 is 38.4 Å². The lowest BCUT2D eigenvalue weighted by Crippen LogP contribution is -2.35. The minimum atomic E-state index is -5.55. The fraction of sp³-hybridized carbons (Fsp3) is 0.292. The van der Waals surface area contributed by atoms with E-state index < -0.39 is 38.2 Å². The number of alkyl halides is 3. The minimum absolute atomic E-state index is 0.00281. The summed E-state index contributed by atoms with van der Waals surface area (Å²) >= 11 is 0. The molecule has 0 aliphatic carbocycles. The summed E-state index contributed by atoms with van der Waals surface area (Å²) in [4.78, 5) is 32.4. The molecule has 3 aromatic rings. The molecule has 2 aromatic carbocycles. The van der Waals surface area contributed by atoms with Crippen LogP contribution in [0.4, 0.5) is 23.7 Å². The number of rotatable bonds is 6. The number of nitrogens with zero attached hydrogens (tertiary/aromatic N) is 3. The van der Waals surface area contributed by atoms with Gasteiger partial charge in [-0.3, -0.25) is 9.78 Å². The van der Waals surface area contributed by atoms with Gasteiger partial charge in [0.15, 0.2) is 0 Å². The van der Waals surface area contributed by atoms with Gasteiger partial charge in [0.1, 0.15) is 6.04 Å². The first-order valence-electron chi connectivity index (χ1n) is 10.8. The van der Waals surface area contributed by atoms with E-state index in [1.54, 1.807) is 12.3 Å². The first-order valence-corrected chi connectivity index (χ1v) is 12.3. The second-order valence-corrected chi connectivity index (χ2v) is 10.6. The third kappa shape index (κ3) is 4.47. The molecule has 1 aliphatic rings. The third-order valence-corrected chi connectivity index (χ3v) is 7.31. The van der Waals surface area contributed by atoms with Crippen LogP contribution in [0, 0.1) is 5.92 Å². The number of fused-ring (bicyclic) bond motifs is 1. The molecule has 1 saturated heterocycles. The van der Waals surface area contributed by atoms with Crippen molar-refractivity contribution in [3.8, 4) is 0 Å². The lowest BCUT2D eigenvalue weighted by molar-refractivity contribution is -0.120. The average molecular weight is 506 g/mol. The zero-order chi connectivity index (χ0) is 25.5. The van der Waals surface area contributed by atoms with Gasteiger partial charge in [0, 0.05) is 18.1 Å². The van der Waals surface area contributed by atoms with Crippen molar-refractivity contribution in [3.05, 3.63) is 66.4 Å². The number of hydrogen-bond acceptors (Lipinski definition) is 5. The van der Waals surface area contributed by atoms with Crippen LogP contribution >= 0.6 is 0 Å². The van der Waals surface area contributed by atoms with Gasteiger partial charge in [0.25, 0.3) is 15.7 Å². The smallest absolute Gasteiger partial charge is 0.308 e. The SMILES string of the molecule is CC(C)CC1C(=O)N(c2ccc(S(=O)(=O)C(F)(F)F)cc2)C(=O)N1Cc1ccnc2ccccc12. The van der Waals surface area contributed by atoms with Crippen LogP contribution < -0.4 is 4.90 Å². The van der Waals surface area contributed by atoms with Crippen LogP contribution in [0.1, 0.15) is 25.8 Å². The standard InChI is InChI=1S/C24H22F3N3O4S/c1-15(2)13-21-22(31)30(17-7-9-18(10-8-17)35(33,34)24(25,26)27)23(32)29(21)14-16-11-12-28-20-6-4-3-5-19(16)20/h3-12,15,21H,13-14H2,1-2H3. The largest absolute Gasteiger partial charge is 0.501 e. The summed E-state index contributed by atoms with van der Waals surface area (Å²) in [7, 11) is -5.55. The second kappa shape index (κ2) is 8.95. The maximum absolute atomic E-state index is 13.4. The molecular formula is C24H22F3N3O4S. The van der Waals surface area contributed by atoms with E-state index in [1.807, 2.05) is 38.1 Å². The van der Waals surface area contributed by atoms with Gasteiger partial charge in [0.2, 0.25) is 0 Å². The molecule has 184 valence electrons. The number of halogens is 3. The van der Waals surface area contributed by atoms with Crippen LogP contribution in [0.25, 0.3) is 10.9 Å². The number of benzene rings is 2. The normalized spacial score (nSPS) is 17.1. The van der Waals surface area contributed by atoms with Gasteiger partial charge in [0.05, 0.1) is 16.1 Å². The zero-order valence-electron chi connectivity index (χ0n) is 18.9. The summed E-state index contributed by atoms with van der Waals surface area (Å²) in [6.07, 6.45) is 2.00. The zero-order valence-corrected chi connectivity index (χ0v) is 19.7. The van der Waals surface area contributed by atoms with E-state index in [4.69, 9.17) is 0 Å². The molecule has 1 fully saturated rings. The lowest BCUT2D eigenvalue weighted by atomic mass is 10.0. The quantitative estimate of drug-likeness (QED) is 0.444. The number of hydrogen-bond donors (Lipinski definition) is 0. The number of para-hydroxylation sites is 1. The number of amides is 3. The van der Waals surface area contributed by atoms with E-state index in [0.29, 0.717) is 6.42 Å². The van der Waals surface area contributed by atoms with Crippen molar-refractivity contribution in [2.24, 2.45) is 5.92 Å². The molecule has 0 N–H and O–H groups in total. The molecule has 0 bridgehead atoms. The molecule has 3 amide bonds. The van der Waals surface area contributed by atoms with E-state index >= 15 is 0 Å². The average Bonchev–Trinajstić information content (AvgIpc) is 3.02. The van der Waals surface area contributed by atoms with Gasteiger partial charge < -0.3 is 4.90 Å². The summed E-state index contributed by atoms with van der Waals surface area (Å²) in [6, 6.07) is 11.3. The van der Waals surface area contributed by atoms with E-state index in [0.717, 1.165) is 45.6 Å². The topological polar surface area (TPSA) is 87.7 Å². The van der Waals surface area contributed by atoms with Crippen molar-refractivity contribution < 1.29 is 31.2 Å². The number of carbonyl (C=O) groups excluding carboxylic acids is 2. The highest BCUT2D eigenvalue weighted by atomic mass is 32.2. The highest BCUT2D eigenvalue weighted by molar-refractivity contribution is 7.92. The van der Waals surface area contributed by atoms with E-state index in [2.05, 4.69) is 4.98 Å². The Morgan fingerprint density at radius 1 is 1.00 bits per heavy atom. The number of imide groups is 1. The fourth-order valence-electron chi connectivity index (χ4n) is 4.11. The molecule has 1 unspecified atom stereocenters. The fourth-order valence-corrected chi connectivity index (χ4v) is 4.87. The maximum atomic E-state index is 13.4. The second-order valence-electron chi connectivity index (χ2n) is 8.66. The molecule has 1 atom stereocenters. The molecular weight excluding hydrogens is 483 g/mol. The van der Waals surface area contributed by atoms with Crippen LogP contribution in [-0.4, -0.2) is 41.8 Å². The Morgan fingerprint density at radius 3 is 2.29 bits per heavy atom. The summed E-state index contributed by atoms with van der Waals surface area (Å²) in [5.74, 6) is -0.443. The van der Waals surface area contributed by atoms with Crippen LogP contribution in [0.3, 0.4) is 0 Å². The predicted octanol–water partition coefficient (Wildman–Crippen LogP) is 4.91. The summed E-state index contributed by atoms with van der Waals surface area (Å²) in [5.41, 5.74) is -3.93. The number of anilines is 1. The maximum Gasteiger partial charge on any atom is 0.501 e. The van der Waals surface area contributed by atoms with Crippen molar-refractivity contribution in [2.45, 2.75) is 43.3 Å². The first kappa shape index (κ1) is 24.6. The lowest BCUT2D eigenvalue weighted by Gasteiger charge is -2.23. The van der Waals surface area contributed by atoms with Gasteiger partial charge in [-0.25, -0.2) is 18.1 Å². The van der Waals surface area contributed by atoms with Gasteiger partial charge in [-0.05, 0) is 54.3 Å². The molecule has 0 spiro atoms. The van der Waals surface area contributed by atoms with Crippen LogP contribution in [0.2, 0.25) is 0 Å². The van der Waals surface area contributed by atoms with Crippen molar-refractivity contribution in [2.75, 3.05) is 4.90 Å². The molecule has 35 heavy (non-hydrogen) atoms. The molecule has 0 radical (unpaired) electrons. The van der Waals surface area contributed by atoms with Gasteiger partial charge in [-0.15, -0.1) is 0 Å². The summed E-state index contributed by atoms with van der Waals surface area (Å²) in [6.45, 7) is 3.95. The van der Waals surface area contributed by atoms with E-state index in [9.17, 15) is 31.2 Å². The minimum Gasteiger partial charge on any atom is -0.308 e.